The van der Waals surface area contributed by atoms with E-state index in [9.17, 15) is 5.11 Å². The topological polar surface area (TPSA) is 50.1 Å². The summed E-state index contributed by atoms with van der Waals surface area (Å²) in [6, 6.07) is 10.1. The monoisotopic (exact) mass is 259 g/mol. The van der Waals surface area contributed by atoms with E-state index in [1.165, 1.54) is 0 Å². The van der Waals surface area contributed by atoms with Crippen molar-refractivity contribution in [1.29, 1.82) is 0 Å². The van der Waals surface area contributed by atoms with Crippen molar-refractivity contribution in [1.82, 2.24) is 15.1 Å². The van der Waals surface area contributed by atoms with Gasteiger partial charge in [-0.2, -0.15) is 5.10 Å². The molecule has 1 aromatic heterocycles. The van der Waals surface area contributed by atoms with E-state index in [4.69, 9.17) is 0 Å². The van der Waals surface area contributed by atoms with E-state index in [-0.39, 0.29) is 18.7 Å². The first-order valence-electron chi connectivity index (χ1n) is 6.53. The van der Waals surface area contributed by atoms with Crippen LogP contribution in [0.3, 0.4) is 0 Å². The molecule has 0 aliphatic rings. The Hall–Kier alpha value is -1.65. The molecule has 0 spiro atoms. The first-order valence-corrected chi connectivity index (χ1v) is 6.53. The maximum absolute atomic E-state index is 9.57. The molecule has 102 valence electrons. The van der Waals surface area contributed by atoms with Crippen LogP contribution in [0.5, 0.6) is 0 Å². The fraction of sp³-hybridized carbons (Fsp3) is 0.400. The maximum Gasteiger partial charge on any atom is 0.0641 e. The lowest BCUT2D eigenvalue weighted by atomic mass is 10.0. The number of aryl methyl sites for hydroxylation is 2. The largest absolute Gasteiger partial charge is 0.394 e. The summed E-state index contributed by atoms with van der Waals surface area (Å²) in [6.45, 7) is 4.17. The number of benzene rings is 1. The van der Waals surface area contributed by atoms with E-state index in [1.807, 2.05) is 55.2 Å². The predicted octanol–water partition coefficient (Wildman–Crippen LogP) is 2.11. The minimum absolute atomic E-state index is 0.0594. The highest BCUT2D eigenvalue weighted by Crippen LogP contribution is 2.21. The number of nitrogens with zero attached hydrogens (tertiary/aromatic N) is 2. The van der Waals surface area contributed by atoms with Gasteiger partial charge in [0.25, 0.3) is 0 Å². The molecule has 1 aromatic carbocycles. The zero-order valence-electron chi connectivity index (χ0n) is 11.7. The lowest BCUT2D eigenvalue weighted by Crippen LogP contribution is -2.27. The summed E-state index contributed by atoms with van der Waals surface area (Å²) in [6.07, 6.45) is 2.02. The lowest BCUT2D eigenvalue weighted by Gasteiger charge is -2.22. The molecule has 0 aliphatic heterocycles. The van der Waals surface area contributed by atoms with Gasteiger partial charge >= 0.3 is 0 Å². The van der Waals surface area contributed by atoms with Crippen LogP contribution in [-0.4, -0.2) is 21.5 Å². The van der Waals surface area contributed by atoms with Crippen molar-refractivity contribution in [2.24, 2.45) is 7.05 Å². The van der Waals surface area contributed by atoms with Gasteiger partial charge in [0.15, 0.2) is 0 Å². The van der Waals surface area contributed by atoms with Crippen LogP contribution in [-0.2, 0) is 7.05 Å². The third-order valence-corrected chi connectivity index (χ3v) is 3.35. The Balaban J connectivity index is 2.13. The molecule has 2 aromatic rings. The van der Waals surface area contributed by atoms with Gasteiger partial charge in [-0.25, -0.2) is 0 Å². The fourth-order valence-corrected chi connectivity index (χ4v) is 2.37. The molecule has 1 unspecified atom stereocenters. The molecule has 2 N–H and O–H groups in total. The summed E-state index contributed by atoms with van der Waals surface area (Å²) in [5, 5.41) is 17.4. The molecular weight excluding hydrogens is 238 g/mol. The summed E-state index contributed by atoms with van der Waals surface area (Å²) in [5.74, 6) is 0. The van der Waals surface area contributed by atoms with Crippen molar-refractivity contribution in [2.45, 2.75) is 25.9 Å². The van der Waals surface area contributed by atoms with Crippen LogP contribution in [0.15, 0.2) is 36.5 Å². The Morgan fingerprint density at radius 3 is 2.53 bits per heavy atom. The number of nitrogens with one attached hydrogen (secondary N) is 1. The molecule has 19 heavy (non-hydrogen) atoms. The molecule has 0 aliphatic carbocycles. The average molecular weight is 259 g/mol. The highest BCUT2D eigenvalue weighted by atomic mass is 16.3. The van der Waals surface area contributed by atoms with Crippen molar-refractivity contribution < 1.29 is 5.11 Å². The van der Waals surface area contributed by atoms with Gasteiger partial charge in [0, 0.05) is 24.8 Å². The smallest absolute Gasteiger partial charge is 0.0641 e. The van der Waals surface area contributed by atoms with Gasteiger partial charge in [0.05, 0.1) is 18.3 Å². The summed E-state index contributed by atoms with van der Waals surface area (Å²) in [5.41, 5.74) is 3.28. The van der Waals surface area contributed by atoms with Gasteiger partial charge in [-0.1, -0.05) is 30.3 Å². The second-order valence-corrected chi connectivity index (χ2v) is 4.88. The minimum Gasteiger partial charge on any atom is -0.394 e. The van der Waals surface area contributed by atoms with Gasteiger partial charge in [-0.3, -0.25) is 4.68 Å². The third kappa shape index (κ3) is 3.22. The third-order valence-electron chi connectivity index (χ3n) is 3.35. The fourth-order valence-electron chi connectivity index (χ4n) is 2.37. The average Bonchev–Trinajstić information content (AvgIpc) is 2.76. The molecule has 4 heteroatoms. The standard InChI is InChI=1S/C15H21N3O/c1-11(14-9-18(3)17-12(14)2)16-15(10-19)13-7-5-4-6-8-13/h4-9,11,15-16,19H,10H2,1-3H3/t11?,15-/m0/s1. The van der Waals surface area contributed by atoms with E-state index in [0.29, 0.717) is 0 Å². The van der Waals surface area contributed by atoms with Crippen molar-refractivity contribution in [2.75, 3.05) is 6.61 Å². The second-order valence-electron chi connectivity index (χ2n) is 4.88. The Kier molecular flexibility index (Phi) is 4.35. The van der Waals surface area contributed by atoms with E-state index in [0.717, 1.165) is 16.8 Å². The predicted molar refractivity (Wildman–Crippen MR) is 75.8 cm³/mol. The van der Waals surface area contributed by atoms with Crippen LogP contribution in [0.1, 0.15) is 35.8 Å². The molecule has 2 atom stereocenters. The van der Waals surface area contributed by atoms with Crippen LogP contribution in [0, 0.1) is 6.92 Å². The van der Waals surface area contributed by atoms with Crippen LogP contribution in [0.2, 0.25) is 0 Å². The van der Waals surface area contributed by atoms with E-state index in [1.54, 1.807) is 0 Å². The summed E-state index contributed by atoms with van der Waals surface area (Å²) >= 11 is 0. The van der Waals surface area contributed by atoms with E-state index in [2.05, 4.69) is 17.3 Å². The van der Waals surface area contributed by atoms with Crippen molar-refractivity contribution in [3.8, 4) is 0 Å². The Morgan fingerprint density at radius 1 is 1.32 bits per heavy atom. The number of aromatic nitrogens is 2. The Bertz CT molecular complexity index is 521. The zero-order valence-corrected chi connectivity index (χ0v) is 11.7. The molecule has 4 nitrogen and oxygen atoms in total. The first kappa shape index (κ1) is 13.8. The number of aliphatic hydroxyl groups excluding tert-OH is 1. The first-order chi connectivity index (χ1) is 9.11. The molecule has 0 bridgehead atoms. The summed E-state index contributed by atoms with van der Waals surface area (Å²) in [7, 11) is 1.92. The second kappa shape index (κ2) is 5.99. The molecule has 2 rings (SSSR count). The van der Waals surface area contributed by atoms with E-state index >= 15 is 0 Å². The van der Waals surface area contributed by atoms with Gasteiger partial charge in [-0.05, 0) is 19.4 Å². The summed E-state index contributed by atoms with van der Waals surface area (Å²) < 4.78 is 1.82. The highest BCUT2D eigenvalue weighted by Gasteiger charge is 2.17. The molecule has 0 fully saturated rings. The minimum atomic E-state index is -0.0594. The van der Waals surface area contributed by atoms with Crippen LogP contribution in [0.4, 0.5) is 0 Å². The molecule has 0 saturated carbocycles. The summed E-state index contributed by atoms with van der Waals surface area (Å²) in [4.78, 5) is 0. The highest BCUT2D eigenvalue weighted by molar-refractivity contribution is 5.22. The zero-order chi connectivity index (χ0) is 13.8. The molecule has 1 heterocycles. The van der Waals surface area contributed by atoms with Crippen molar-refractivity contribution in [3.63, 3.8) is 0 Å². The van der Waals surface area contributed by atoms with Crippen molar-refractivity contribution >= 4 is 0 Å². The van der Waals surface area contributed by atoms with Crippen LogP contribution < -0.4 is 5.32 Å². The van der Waals surface area contributed by atoms with Gasteiger partial charge in [0.1, 0.15) is 0 Å². The lowest BCUT2D eigenvalue weighted by molar-refractivity contribution is 0.235. The van der Waals surface area contributed by atoms with Crippen LogP contribution >= 0.6 is 0 Å². The van der Waals surface area contributed by atoms with Crippen molar-refractivity contribution in [3.05, 3.63) is 53.3 Å². The molecule has 0 radical (unpaired) electrons. The maximum atomic E-state index is 9.57. The van der Waals surface area contributed by atoms with Gasteiger partial charge in [0.2, 0.25) is 0 Å². The van der Waals surface area contributed by atoms with E-state index < -0.39 is 0 Å². The number of aliphatic hydroxyl groups is 1. The number of hydrogen-bond acceptors (Lipinski definition) is 3. The SMILES string of the molecule is Cc1nn(C)cc1C(C)N[C@@H](CO)c1ccccc1. The molecular formula is C15H21N3O. The molecule has 0 amide bonds. The van der Waals surface area contributed by atoms with Gasteiger partial charge < -0.3 is 10.4 Å². The number of hydrogen-bond donors (Lipinski definition) is 2. The quantitative estimate of drug-likeness (QED) is 0.864. The molecule has 0 saturated heterocycles. The Labute approximate surface area is 114 Å². The van der Waals surface area contributed by atoms with Crippen LogP contribution in [0.25, 0.3) is 0 Å². The van der Waals surface area contributed by atoms with Gasteiger partial charge in [-0.15, -0.1) is 0 Å². The normalized spacial score (nSPS) is 14.3. The Morgan fingerprint density at radius 2 is 2.00 bits per heavy atom. The number of rotatable bonds is 5.